The lowest BCUT2D eigenvalue weighted by molar-refractivity contribution is -0.173. The first kappa shape index (κ1) is 16.9. The molecule has 6 nitrogen and oxygen atoms in total. The third kappa shape index (κ3) is 3.30. The average Bonchev–Trinajstić information content (AvgIpc) is 2.56. The quantitative estimate of drug-likeness (QED) is 0.817. The van der Waals surface area contributed by atoms with E-state index in [1.54, 1.807) is 16.8 Å². The van der Waals surface area contributed by atoms with Crippen molar-refractivity contribution in [2.45, 2.75) is 38.2 Å². The number of ether oxygens (including phenoxy) is 2. The molecule has 1 aromatic carbocycles. The number of nitrogens with zero attached hydrogens (tertiary/aromatic N) is 2. The van der Waals surface area contributed by atoms with Crippen LogP contribution in [0.4, 0.5) is 0 Å². The van der Waals surface area contributed by atoms with Gasteiger partial charge in [-0.1, -0.05) is 30.3 Å². The van der Waals surface area contributed by atoms with Gasteiger partial charge in [-0.25, -0.2) is 0 Å². The van der Waals surface area contributed by atoms with Crippen LogP contribution in [0, 0.1) is 0 Å². The van der Waals surface area contributed by atoms with Gasteiger partial charge >= 0.3 is 0 Å². The van der Waals surface area contributed by atoms with Crippen molar-refractivity contribution in [2.75, 3.05) is 26.7 Å². The zero-order valence-electron chi connectivity index (χ0n) is 14.3. The van der Waals surface area contributed by atoms with Crippen LogP contribution in [0.2, 0.25) is 0 Å². The topological polar surface area (TPSA) is 59.1 Å². The number of carbonyl (C=O) groups is 2. The smallest absolute Gasteiger partial charge is 0.254 e. The number of likely N-dealkylation sites (N-methyl/N-ethyl adjacent to an activating group) is 1. The van der Waals surface area contributed by atoms with Gasteiger partial charge in [0.15, 0.2) is 6.10 Å². The number of carbonyl (C=O) groups excluding carboxylic acids is 2. The highest BCUT2D eigenvalue weighted by Gasteiger charge is 2.42. The lowest BCUT2D eigenvalue weighted by Crippen LogP contribution is -2.57. The first-order chi connectivity index (χ1) is 11.5. The first-order valence-electron chi connectivity index (χ1n) is 8.34. The number of morpholine rings is 2. The van der Waals surface area contributed by atoms with Crippen molar-refractivity contribution in [3.63, 3.8) is 0 Å². The van der Waals surface area contributed by atoms with Gasteiger partial charge in [-0.15, -0.1) is 0 Å². The Labute approximate surface area is 142 Å². The van der Waals surface area contributed by atoms with E-state index in [9.17, 15) is 9.59 Å². The summed E-state index contributed by atoms with van der Waals surface area (Å²) in [6, 6.07) is 9.16. The molecule has 0 aliphatic carbocycles. The van der Waals surface area contributed by atoms with E-state index in [1.165, 1.54) is 0 Å². The Morgan fingerprint density at radius 1 is 1.12 bits per heavy atom. The summed E-state index contributed by atoms with van der Waals surface area (Å²) in [4.78, 5) is 28.6. The number of hydrogen-bond acceptors (Lipinski definition) is 4. The molecule has 0 saturated carbocycles. The summed E-state index contributed by atoms with van der Waals surface area (Å²) in [5.41, 5.74) is 0.903. The largest absolute Gasteiger partial charge is 0.372 e. The fraction of sp³-hybridized carbons (Fsp3) is 0.556. The van der Waals surface area contributed by atoms with Gasteiger partial charge in [-0.2, -0.15) is 0 Å². The van der Waals surface area contributed by atoms with E-state index in [1.807, 2.05) is 44.2 Å². The summed E-state index contributed by atoms with van der Waals surface area (Å²) in [6.45, 7) is 4.94. The Kier molecular flexibility index (Phi) is 4.87. The summed E-state index contributed by atoms with van der Waals surface area (Å²) in [7, 11) is 1.73. The van der Waals surface area contributed by atoms with Gasteiger partial charge in [0.1, 0.15) is 6.61 Å². The summed E-state index contributed by atoms with van der Waals surface area (Å²) in [5.74, 6) is -0.193. The van der Waals surface area contributed by atoms with Crippen molar-refractivity contribution in [1.82, 2.24) is 9.80 Å². The number of amides is 2. The van der Waals surface area contributed by atoms with Crippen molar-refractivity contribution in [3.05, 3.63) is 35.9 Å². The first-order valence-corrected chi connectivity index (χ1v) is 8.34. The van der Waals surface area contributed by atoms with Crippen LogP contribution in [0.3, 0.4) is 0 Å². The molecular weight excluding hydrogens is 308 g/mol. The second kappa shape index (κ2) is 6.91. The van der Waals surface area contributed by atoms with Gasteiger partial charge in [-0.05, 0) is 19.4 Å². The molecule has 2 aliphatic rings. The molecule has 3 rings (SSSR count). The Morgan fingerprint density at radius 3 is 2.38 bits per heavy atom. The zero-order chi connectivity index (χ0) is 17.3. The van der Waals surface area contributed by atoms with Gasteiger partial charge in [0.25, 0.3) is 5.91 Å². The molecule has 0 spiro atoms. The Morgan fingerprint density at radius 2 is 1.75 bits per heavy atom. The van der Waals surface area contributed by atoms with Crippen molar-refractivity contribution < 1.29 is 19.1 Å². The van der Waals surface area contributed by atoms with Crippen LogP contribution in [0.15, 0.2) is 30.3 Å². The standard InChI is InChI=1S/C18H24N2O4/c1-12-9-20(10-13(2)24-12)18(22)17-16(14-7-5-4-6-8-14)19(3)15(21)11-23-17/h4-8,12-13,16-17H,9-11H2,1-3H3/t12-,13-,16+,17-/m1/s1. The minimum atomic E-state index is -0.687. The molecule has 0 radical (unpaired) electrons. The SMILES string of the molecule is C[C@@H]1CN(C(=O)[C@@H]2OCC(=O)N(C)[C@H]2c2ccccc2)C[C@@H](C)O1. The number of hydrogen-bond donors (Lipinski definition) is 0. The second-order valence-electron chi connectivity index (χ2n) is 6.59. The lowest BCUT2D eigenvalue weighted by atomic mass is 9.97. The molecule has 6 heteroatoms. The highest BCUT2D eigenvalue weighted by molar-refractivity contribution is 5.86. The predicted molar refractivity (Wildman–Crippen MR) is 88.3 cm³/mol. The van der Waals surface area contributed by atoms with Gasteiger partial charge in [0.2, 0.25) is 5.91 Å². The normalized spacial score (nSPS) is 31.2. The molecular formula is C18H24N2O4. The molecule has 0 N–H and O–H groups in total. The third-order valence-corrected chi connectivity index (χ3v) is 4.60. The molecule has 0 unspecified atom stereocenters. The fourth-order valence-electron chi connectivity index (χ4n) is 3.50. The summed E-state index contributed by atoms with van der Waals surface area (Å²) < 4.78 is 11.4. The Balaban J connectivity index is 1.86. The van der Waals surface area contributed by atoms with Gasteiger partial charge in [-0.3, -0.25) is 9.59 Å². The van der Waals surface area contributed by atoms with E-state index >= 15 is 0 Å². The maximum absolute atomic E-state index is 13.1. The molecule has 0 bridgehead atoms. The maximum Gasteiger partial charge on any atom is 0.254 e. The van der Waals surface area contributed by atoms with Crippen molar-refractivity contribution in [2.24, 2.45) is 0 Å². The molecule has 24 heavy (non-hydrogen) atoms. The summed E-state index contributed by atoms with van der Waals surface area (Å²) in [5, 5.41) is 0. The predicted octanol–water partition coefficient (Wildman–Crippen LogP) is 1.22. The molecule has 2 amide bonds. The van der Waals surface area contributed by atoms with Crippen LogP contribution >= 0.6 is 0 Å². The van der Waals surface area contributed by atoms with E-state index in [2.05, 4.69) is 0 Å². The van der Waals surface area contributed by atoms with Crippen LogP contribution in [0.25, 0.3) is 0 Å². The third-order valence-electron chi connectivity index (χ3n) is 4.60. The van der Waals surface area contributed by atoms with Gasteiger partial charge in [0, 0.05) is 20.1 Å². The molecule has 4 atom stereocenters. The van der Waals surface area contributed by atoms with Crippen LogP contribution in [0.1, 0.15) is 25.5 Å². The Hall–Kier alpha value is -1.92. The zero-order valence-corrected chi connectivity index (χ0v) is 14.3. The van der Waals surface area contributed by atoms with Crippen molar-refractivity contribution in [1.29, 1.82) is 0 Å². The molecule has 130 valence electrons. The van der Waals surface area contributed by atoms with Crippen molar-refractivity contribution in [3.8, 4) is 0 Å². The Bertz CT molecular complexity index is 596. The maximum atomic E-state index is 13.1. The van der Waals surface area contributed by atoms with E-state index in [0.717, 1.165) is 5.56 Å². The van der Waals surface area contributed by atoms with E-state index in [-0.39, 0.29) is 30.6 Å². The fourth-order valence-corrected chi connectivity index (χ4v) is 3.50. The molecule has 2 fully saturated rings. The van der Waals surface area contributed by atoms with Gasteiger partial charge in [0.05, 0.1) is 18.2 Å². The minimum Gasteiger partial charge on any atom is -0.372 e. The highest BCUT2D eigenvalue weighted by Crippen LogP contribution is 2.30. The minimum absolute atomic E-state index is 0.00386. The second-order valence-corrected chi connectivity index (χ2v) is 6.59. The number of rotatable bonds is 2. The van der Waals surface area contributed by atoms with Crippen LogP contribution in [0.5, 0.6) is 0 Å². The average molecular weight is 332 g/mol. The molecule has 2 aliphatic heterocycles. The highest BCUT2D eigenvalue weighted by atomic mass is 16.5. The van der Waals surface area contributed by atoms with Crippen LogP contribution in [-0.4, -0.2) is 66.7 Å². The summed E-state index contributed by atoms with van der Waals surface area (Å²) >= 11 is 0. The lowest BCUT2D eigenvalue weighted by Gasteiger charge is -2.42. The van der Waals surface area contributed by atoms with E-state index in [0.29, 0.717) is 13.1 Å². The number of benzene rings is 1. The molecule has 2 heterocycles. The monoisotopic (exact) mass is 332 g/mol. The van der Waals surface area contributed by atoms with E-state index in [4.69, 9.17) is 9.47 Å². The molecule has 1 aromatic rings. The molecule has 2 saturated heterocycles. The summed E-state index contributed by atoms with van der Waals surface area (Å²) in [6.07, 6.45) is -0.695. The van der Waals surface area contributed by atoms with Crippen LogP contribution < -0.4 is 0 Å². The van der Waals surface area contributed by atoms with E-state index < -0.39 is 12.1 Å². The molecule has 0 aromatic heterocycles. The van der Waals surface area contributed by atoms with Gasteiger partial charge < -0.3 is 19.3 Å². The van der Waals surface area contributed by atoms with Crippen LogP contribution in [-0.2, 0) is 19.1 Å². The van der Waals surface area contributed by atoms with Crippen molar-refractivity contribution >= 4 is 11.8 Å².